The molecule has 0 bridgehead atoms. The Morgan fingerprint density at radius 3 is 2.27 bits per heavy atom. The van der Waals surface area contributed by atoms with Gasteiger partial charge < -0.3 is 9.47 Å². The molecule has 1 aromatic rings. The summed E-state index contributed by atoms with van der Waals surface area (Å²) in [5.41, 5.74) is 0.580. The highest BCUT2D eigenvalue weighted by molar-refractivity contribution is 8.14. The third-order valence-electron chi connectivity index (χ3n) is 3.26. The fourth-order valence-electron chi connectivity index (χ4n) is 1.96. The Hall–Kier alpha value is -1.82. The molecule has 0 radical (unpaired) electrons. The Labute approximate surface area is 134 Å². The van der Waals surface area contributed by atoms with Crippen LogP contribution in [0.15, 0.2) is 30.3 Å². The van der Waals surface area contributed by atoms with E-state index in [-0.39, 0.29) is 29.2 Å². The Morgan fingerprint density at radius 1 is 1.09 bits per heavy atom. The summed E-state index contributed by atoms with van der Waals surface area (Å²) in [6.07, 6.45) is 0.399. The lowest BCUT2D eigenvalue weighted by molar-refractivity contribution is -0.146. The predicted molar refractivity (Wildman–Crippen MR) is 84.6 cm³/mol. The van der Waals surface area contributed by atoms with Crippen LogP contribution >= 0.6 is 11.8 Å². The molecule has 0 aliphatic rings. The van der Waals surface area contributed by atoms with Crippen molar-refractivity contribution in [3.8, 4) is 0 Å². The Balaban J connectivity index is 2.70. The first-order valence-corrected chi connectivity index (χ1v) is 7.78. The molecule has 0 spiro atoms. The van der Waals surface area contributed by atoms with Gasteiger partial charge in [0.05, 0.1) is 20.1 Å². The van der Waals surface area contributed by atoms with Crippen LogP contribution in [0, 0.1) is 5.92 Å². The van der Waals surface area contributed by atoms with E-state index in [0.29, 0.717) is 5.56 Å². The molecule has 0 amide bonds. The molecule has 0 aliphatic heterocycles. The van der Waals surface area contributed by atoms with Crippen molar-refractivity contribution in [3.63, 3.8) is 0 Å². The van der Waals surface area contributed by atoms with E-state index in [0.717, 1.165) is 11.8 Å². The van der Waals surface area contributed by atoms with E-state index in [1.165, 1.54) is 14.2 Å². The van der Waals surface area contributed by atoms with Crippen LogP contribution in [0.1, 0.15) is 30.1 Å². The summed E-state index contributed by atoms with van der Waals surface area (Å²) in [5.74, 6) is -1.35. The van der Waals surface area contributed by atoms with Gasteiger partial charge in [-0.05, 0) is 6.42 Å². The van der Waals surface area contributed by atoms with Gasteiger partial charge in [-0.2, -0.15) is 0 Å². The second-order valence-corrected chi connectivity index (χ2v) is 6.07. The highest BCUT2D eigenvalue weighted by Crippen LogP contribution is 2.27. The normalized spacial score (nSPS) is 13.0. The maximum atomic E-state index is 12.2. The zero-order valence-electron chi connectivity index (χ0n) is 12.9. The predicted octanol–water partition coefficient (Wildman–Crippen LogP) is 2.69. The average molecular weight is 324 g/mol. The third-order valence-corrected chi connectivity index (χ3v) is 4.41. The van der Waals surface area contributed by atoms with Crippen LogP contribution in [0.5, 0.6) is 0 Å². The maximum absolute atomic E-state index is 12.2. The Bertz CT molecular complexity index is 515. The third kappa shape index (κ3) is 5.52. The molecule has 0 saturated carbocycles. The van der Waals surface area contributed by atoms with Crippen LogP contribution in [-0.4, -0.2) is 36.5 Å². The van der Waals surface area contributed by atoms with E-state index in [1.54, 1.807) is 31.2 Å². The Morgan fingerprint density at radius 2 is 1.73 bits per heavy atom. The standard InChI is InChI=1S/C16H20O5S/c1-11(22-16(19)12-7-5-4-6-8-12)13(15(18)21-3)9-10-14(17)20-2/h4-8,11,13H,9-10H2,1-3H3. The molecule has 120 valence electrons. The van der Waals surface area contributed by atoms with Gasteiger partial charge in [-0.25, -0.2) is 0 Å². The first-order valence-electron chi connectivity index (χ1n) is 6.90. The molecular formula is C16H20O5S. The molecule has 0 aliphatic carbocycles. The molecular weight excluding hydrogens is 304 g/mol. The largest absolute Gasteiger partial charge is 0.469 e. The van der Waals surface area contributed by atoms with Crippen LogP contribution in [0.4, 0.5) is 0 Å². The van der Waals surface area contributed by atoms with Gasteiger partial charge >= 0.3 is 11.9 Å². The van der Waals surface area contributed by atoms with Crippen molar-refractivity contribution in [1.29, 1.82) is 0 Å². The van der Waals surface area contributed by atoms with Gasteiger partial charge in [-0.15, -0.1) is 0 Å². The molecule has 0 heterocycles. The van der Waals surface area contributed by atoms with Crippen LogP contribution in [0.25, 0.3) is 0 Å². The quantitative estimate of drug-likeness (QED) is 0.718. The van der Waals surface area contributed by atoms with Crippen molar-refractivity contribution >= 4 is 28.8 Å². The molecule has 1 rings (SSSR count). The summed E-state index contributed by atoms with van der Waals surface area (Å²) in [5, 5.41) is -0.412. The summed E-state index contributed by atoms with van der Waals surface area (Å²) < 4.78 is 9.35. The van der Waals surface area contributed by atoms with E-state index >= 15 is 0 Å². The van der Waals surface area contributed by atoms with Gasteiger partial charge in [0.2, 0.25) is 5.12 Å². The minimum Gasteiger partial charge on any atom is -0.469 e. The smallest absolute Gasteiger partial charge is 0.309 e. The zero-order valence-corrected chi connectivity index (χ0v) is 13.7. The highest BCUT2D eigenvalue weighted by Gasteiger charge is 2.29. The molecule has 2 unspecified atom stereocenters. The van der Waals surface area contributed by atoms with Gasteiger partial charge in [0.15, 0.2) is 0 Å². The number of rotatable bonds is 7. The van der Waals surface area contributed by atoms with Crippen LogP contribution in [-0.2, 0) is 19.1 Å². The van der Waals surface area contributed by atoms with E-state index in [1.807, 2.05) is 6.07 Å². The number of esters is 2. The lowest BCUT2D eigenvalue weighted by atomic mass is 10.00. The number of carbonyl (C=O) groups is 3. The van der Waals surface area contributed by atoms with Crippen LogP contribution in [0.2, 0.25) is 0 Å². The fourth-order valence-corrected chi connectivity index (χ4v) is 2.99. The van der Waals surface area contributed by atoms with E-state index in [9.17, 15) is 14.4 Å². The average Bonchev–Trinajstić information content (AvgIpc) is 2.55. The fraction of sp³-hybridized carbons (Fsp3) is 0.438. The van der Waals surface area contributed by atoms with Crippen molar-refractivity contribution in [2.45, 2.75) is 25.0 Å². The number of ether oxygens (including phenoxy) is 2. The van der Waals surface area contributed by atoms with Crippen molar-refractivity contribution in [2.75, 3.05) is 14.2 Å². The number of benzene rings is 1. The number of hydrogen-bond donors (Lipinski definition) is 0. The van der Waals surface area contributed by atoms with Gasteiger partial charge in [0, 0.05) is 17.2 Å². The summed E-state index contributed by atoms with van der Waals surface area (Å²) in [4.78, 5) is 35.3. The molecule has 6 heteroatoms. The van der Waals surface area contributed by atoms with E-state index < -0.39 is 11.9 Å². The number of thioether (sulfide) groups is 1. The molecule has 0 fully saturated rings. The highest BCUT2D eigenvalue weighted by atomic mass is 32.2. The maximum Gasteiger partial charge on any atom is 0.309 e. The summed E-state index contributed by atoms with van der Waals surface area (Å²) in [6, 6.07) is 8.85. The number of carbonyl (C=O) groups excluding carboxylic acids is 3. The molecule has 22 heavy (non-hydrogen) atoms. The minimum atomic E-state index is -0.540. The SMILES string of the molecule is COC(=O)CCC(C(=O)OC)C(C)SC(=O)c1ccccc1. The lowest BCUT2D eigenvalue weighted by Gasteiger charge is -2.20. The summed E-state index contributed by atoms with van der Waals surface area (Å²) in [6.45, 7) is 1.78. The van der Waals surface area contributed by atoms with Crippen LogP contribution < -0.4 is 0 Å². The topological polar surface area (TPSA) is 69.7 Å². The number of hydrogen-bond acceptors (Lipinski definition) is 6. The minimum absolute atomic E-state index is 0.111. The van der Waals surface area contributed by atoms with Crippen molar-refractivity contribution < 1.29 is 23.9 Å². The van der Waals surface area contributed by atoms with Gasteiger partial charge in [0.25, 0.3) is 0 Å². The second-order valence-electron chi connectivity index (χ2n) is 4.72. The van der Waals surface area contributed by atoms with E-state index in [2.05, 4.69) is 4.74 Å². The second kappa shape index (κ2) is 9.25. The first-order chi connectivity index (χ1) is 10.5. The molecule has 0 saturated heterocycles. The van der Waals surface area contributed by atoms with Crippen LogP contribution in [0.3, 0.4) is 0 Å². The van der Waals surface area contributed by atoms with Crippen molar-refractivity contribution in [1.82, 2.24) is 0 Å². The number of methoxy groups -OCH3 is 2. The molecule has 5 nitrogen and oxygen atoms in total. The van der Waals surface area contributed by atoms with Gasteiger partial charge in [-0.1, -0.05) is 49.0 Å². The van der Waals surface area contributed by atoms with Crippen molar-refractivity contribution in [3.05, 3.63) is 35.9 Å². The monoisotopic (exact) mass is 324 g/mol. The van der Waals surface area contributed by atoms with Gasteiger partial charge in [0.1, 0.15) is 0 Å². The molecule has 0 N–H and O–H groups in total. The Kier molecular flexibility index (Phi) is 7.66. The summed E-state index contributed by atoms with van der Waals surface area (Å²) >= 11 is 1.07. The van der Waals surface area contributed by atoms with Crippen molar-refractivity contribution in [2.24, 2.45) is 5.92 Å². The molecule has 1 aromatic carbocycles. The molecule has 0 aromatic heterocycles. The first kappa shape index (κ1) is 18.2. The summed E-state index contributed by atoms with van der Waals surface area (Å²) in [7, 11) is 2.59. The molecule has 2 atom stereocenters. The zero-order chi connectivity index (χ0) is 16.5. The van der Waals surface area contributed by atoms with Gasteiger partial charge in [-0.3, -0.25) is 14.4 Å². The lowest BCUT2D eigenvalue weighted by Crippen LogP contribution is -2.27. The van der Waals surface area contributed by atoms with E-state index in [4.69, 9.17) is 4.74 Å².